The molecular formula is C11H22N2O. The van der Waals surface area contributed by atoms with Crippen LogP contribution in [0.4, 0.5) is 0 Å². The number of hydrogen-bond acceptors (Lipinski definition) is 2. The van der Waals surface area contributed by atoms with Crippen LogP contribution < -0.4 is 5.32 Å². The summed E-state index contributed by atoms with van der Waals surface area (Å²) in [7, 11) is 1.90. The van der Waals surface area contributed by atoms with Crippen molar-refractivity contribution in [3.05, 3.63) is 0 Å². The summed E-state index contributed by atoms with van der Waals surface area (Å²) in [5.41, 5.74) is 0. The molecule has 0 radical (unpaired) electrons. The first-order valence-corrected chi connectivity index (χ1v) is 5.50. The lowest BCUT2D eigenvalue weighted by atomic mass is 10.0. The van der Waals surface area contributed by atoms with Gasteiger partial charge in [0.25, 0.3) is 0 Å². The second kappa shape index (κ2) is 4.78. The maximum Gasteiger partial charge on any atom is 0.239 e. The lowest BCUT2D eigenvalue weighted by Gasteiger charge is -2.24. The average Bonchev–Trinajstić information content (AvgIpc) is 2.48. The van der Waals surface area contributed by atoms with E-state index in [1.54, 1.807) is 0 Å². The molecule has 1 rings (SSSR count). The van der Waals surface area contributed by atoms with Crippen LogP contribution in [0.2, 0.25) is 0 Å². The lowest BCUT2D eigenvalue weighted by Crippen LogP contribution is -2.45. The van der Waals surface area contributed by atoms with Crippen LogP contribution in [-0.2, 0) is 4.79 Å². The van der Waals surface area contributed by atoms with E-state index in [4.69, 9.17) is 0 Å². The second-order valence-electron chi connectivity index (χ2n) is 4.81. The highest BCUT2D eigenvalue weighted by Crippen LogP contribution is 2.16. The standard InChI is InChI=1S/C11H22N2O/c1-8(2)7-13(4)11(14)10-9(3)5-6-12-10/h8-10,12H,5-7H2,1-4H3. The number of amides is 1. The third-order valence-corrected chi connectivity index (χ3v) is 2.81. The van der Waals surface area contributed by atoms with Gasteiger partial charge in [-0.2, -0.15) is 0 Å². The molecule has 0 aromatic carbocycles. The molecule has 82 valence electrons. The minimum absolute atomic E-state index is 0.0544. The predicted octanol–water partition coefficient (Wildman–Crippen LogP) is 1.10. The minimum Gasteiger partial charge on any atom is -0.344 e. The van der Waals surface area contributed by atoms with Gasteiger partial charge in [-0.15, -0.1) is 0 Å². The van der Waals surface area contributed by atoms with Crippen LogP contribution in [-0.4, -0.2) is 37.0 Å². The third-order valence-electron chi connectivity index (χ3n) is 2.81. The van der Waals surface area contributed by atoms with Crippen LogP contribution in [0.3, 0.4) is 0 Å². The molecule has 3 heteroatoms. The molecular weight excluding hydrogens is 176 g/mol. The van der Waals surface area contributed by atoms with Gasteiger partial charge < -0.3 is 10.2 Å². The first-order chi connectivity index (χ1) is 6.52. The molecule has 0 spiro atoms. The smallest absolute Gasteiger partial charge is 0.239 e. The number of carbonyl (C=O) groups excluding carboxylic acids is 1. The Morgan fingerprint density at radius 1 is 1.57 bits per heavy atom. The fraction of sp³-hybridized carbons (Fsp3) is 0.909. The average molecular weight is 198 g/mol. The number of likely N-dealkylation sites (N-methyl/N-ethyl adjacent to an activating group) is 1. The molecule has 1 amide bonds. The Bertz CT molecular complexity index is 203. The van der Waals surface area contributed by atoms with Gasteiger partial charge in [0, 0.05) is 13.6 Å². The Labute approximate surface area is 86.9 Å². The van der Waals surface area contributed by atoms with Crippen molar-refractivity contribution in [2.75, 3.05) is 20.1 Å². The van der Waals surface area contributed by atoms with Gasteiger partial charge in [-0.25, -0.2) is 0 Å². The molecule has 0 aromatic rings. The van der Waals surface area contributed by atoms with E-state index in [9.17, 15) is 4.79 Å². The molecule has 14 heavy (non-hydrogen) atoms. The van der Waals surface area contributed by atoms with E-state index in [-0.39, 0.29) is 11.9 Å². The van der Waals surface area contributed by atoms with E-state index >= 15 is 0 Å². The fourth-order valence-electron chi connectivity index (χ4n) is 2.04. The van der Waals surface area contributed by atoms with Crippen LogP contribution in [0.25, 0.3) is 0 Å². The quantitative estimate of drug-likeness (QED) is 0.736. The summed E-state index contributed by atoms with van der Waals surface area (Å²) in [6.45, 7) is 8.24. The van der Waals surface area contributed by atoms with Crippen molar-refractivity contribution in [1.82, 2.24) is 10.2 Å². The highest BCUT2D eigenvalue weighted by atomic mass is 16.2. The van der Waals surface area contributed by atoms with Crippen molar-refractivity contribution in [2.24, 2.45) is 11.8 Å². The molecule has 0 bridgehead atoms. The molecule has 0 aliphatic carbocycles. The summed E-state index contributed by atoms with van der Waals surface area (Å²) in [6, 6.07) is 0.0544. The maximum atomic E-state index is 12.0. The van der Waals surface area contributed by atoms with E-state index < -0.39 is 0 Å². The van der Waals surface area contributed by atoms with Crippen LogP contribution >= 0.6 is 0 Å². The molecule has 1 heterocycles. The monoisotopic (exact) mass is 198 g/mol. The number of rotatable bonds is 3. The largest absolute Gasteiger partial charge is 0.344 e. The number of nitrogens with one attached hydrogen (secondary N) is 1. The van der Waals surface area contributed by atoms with E-state index in [1.165, 1.54) is 0 Å². The number of hydrogen-bond donors (Lipinski definition) is 1. The maximum absolute atomic E-state index is 12.0. The molecule has 1 fully saturated rings. The molecule has 1 saturated heterocycles. The Balaban J connectivity index is 2.47. The zero-order valence-electron chi connectivity index (χ0n) is 9.71. The molecule has 2 atom stereocenters. The third kappa shape index (κ3) is 2.71. The Morgan fingerprint density at radius 2 is 2.21 bits per heavy atom. The van der Waals surface area contributed by atoms with Crippen LogP contribution in [0.15, 0.2) is 0 Å². The lowest BCUT2D eigenvalue weighted by molar-refractivity contribution is -0.133. The van der Waals surface area contributed by atoms with Gasteiger partial charge in [0.15, 0.2) is 0 Å². The van der Waals surface area contributed by atoms with Gasteiger partial charge in [0.05, 0.1) is 6.04 Å². The zero-order chi connectivity index (χ0) is 10.7. The normalized spacial score (nSPS) is 26.9. The van der Waals surface area contributed by atoms with E-state index in [1.807, 2.05) is 11.9 Å². The van der Waals surface area contributed by atoms with Crippen molar-refractivity contribution < 1.29 is 4.79 Å². The zero-order valence-corrected chi connectivity index (χ0v) is 9.71. The highest BCUT2D eigenvalue weighted by Gasteiger charge is 2.31. The Kier molecular flexibility index (Phi) is 3.93. The first kappa shape index (κ1) is 11.5. The van der Waals surface area contributed by atoms with Crippen molar-refractivity contribution in [2.45, 2.75) is 33.2 Å². The predicted molar refractivity (Wildman–Crippen MR) is 58.0 cm³/mol. The van der Waals surface area contributed by atoms with Crippen molar-refractivity contribution in [1.29, 1.82) is 0 Å². The van der Waals surface area contributed by atoms with Crippen molar-refractivity contribution >= 4 is 5.91 Å². The van der Waals surface area contributed by atoms with E-state index in [0.29, 0.717) is 11.8 Å². The first-order valence-electron chi connectivity index (χ1n) is 5.50. The highest BCUT2D eigenvalue weighted by molar-refractivity contribution is 5.82. The summed E-state index contributed by atoms with van der Waals surface area (Å²) in [5.74, 6) is 1.28. The molecule has 3 nitrogen and oxygen atoms in total. The van der Waals surface area contributed by atoms with Gasteiger partial charge in [-0.3, -0.25) is 4.79 Å². The molecule has 0 aromatic heterocycles. The summed E-state index contributed by atoms with van der Waals surface area (Å²) in [5, 5.41) is 3.27. The van der Waals surface area contributed by atoms with Gasteiger partial charge >= 0.3 is 0 Å². The molecule has 1 aliphatic heterocycles. The topological polar surface area (TPSA) is 32.3 Å². The molecule has 0 saturated carbocycles. The van der Waals surface area contributed by atoms with Crippen LogP contribution in [0.1, 0.15) is 27.2 Å². The van der Waals surface area contributed by atoms with Gasteiger partial charge in [-0.1, -0.05) is 20.8 Å². The second-order valence-corrected chi connectivity index (χ2v) is 4.81. The van der Waals surface area contributed by atoms with Crippen molar-refractivity contribution in [3.8, 4) is 0 Å². The number of carbonyl (C=O) groups is 1. The SMILES string of the molecule is CC(C)CN(C)C(=O)C1NCCC1C. The molecule has 1 N–H and O–H groups in total. The Morgan fingerprint density at radius 3 is 2.64 bits per heavy atom. The van der Waals surface area contributed by atoms with Crippen LogP contribution in [0, 0.1) is 11.8 Å². The van der Waals surface area contributed by atoms with Gasteiger partial charge in [0.2, 0.25) is 5.91 Å². The number of nitrogens with zero attached hydrogens (tertiary/aromatic N) is 1. The summed E-state index contributed by atoms with van der Waals surface area (Å²) in [6.07, 6.45) is 1.12. The Hall–Kier alpha value is -0.570. The summed E-state index contributed by atoms with van der Waals surface area (Å²) >= 11 is 0. The van der Waals surface area contributed by atoms with Gasteiger partial charge in [0.1, 0.15) is 0 Å². The van der Waals surface area contributed by atoms with E-state index in [0.717, 1.165) is 19.5 Å². The van der Waals surface area contributed by atoms with Crippen molar-refractivity contribution in [3.63, 3.8) is 0 Å². The molecule has 2 unspecified atom stereocenters. The summed E-state index contributed by atoms with van der Waals surface area (Å²) < 4.78 is 0. The van der Waals surface area contributed by atoms with E-state index in [2.05, 4.69) is 26.1 Å². The summed E-state index contributed by atoms with van der Waals surface area (Å²) in [4.78, 5) is 13.8. The van der Waals surface area contributed by atoms with Gasteiger partial charge in [-0.05, 0) is 24.8 Å². The fourth-order valence-corrected chi connectivity index (χ4v) is 2.04. The van der Waals surface area contributed by atoms with Crippen LogP contribution in [0.5, 0.6) is 0 Å². The minimum atomic E-state index is 0.0544. The molecule has 1 aliphatic rings.